The van der Waals surface area contributed by atoms with E-state index in [2.05, 4.69) is 10.6 Å². The minimum atomic E-state index is -4.86. The molecule has 1 fully saturated rings. The van der Waals surface area contributed by atoms with Crippen molar-refractivity contribution in [3.63, 3.8) is 0 Å². The standard InChI is InChI=1S/C14H14F4N2O2/c15-11-5-4-8(6-10(11)14(16,17)18)13(22)19-7-9-2-1-3-12(21)20-9/h4-6,9H,1-3,7H2,(H,19,22)(H,20,21)/t9-/m1/s1. The van der Waals surface area contributed by atoms with Crippen molar-refractivity contribution in [2.45, 2.75) is 31.5 Å². The SMILES string of the molecule is O=C1CCC[C@H](CNC(=O)c2ccc(F)c(C(F)(F)F)c2)N1. The van der Waals surface area contributed by atoms with Crippen LogP contribution in [0.3, 0.4) is 0 Å². The summed E-state index contributed by atoms with van der Waals surface area (Å²) in [5.74, 6) is -2.29. The van der Waals surface area contributed by atoms with Gasteiger partial charge in [0.2, 0.25) is 5.91 Å². The zero-order chi connectivity index (χ0) is 16.3. The number of amides is 2. The molecule has 2 N–H and O–H groups in total. The van der Waals surface area contributed by atoms with Crippen molar-refractivity contribution < 1.29 is 27.2 Å². The minimum Gasteiger partial charge on any atom is -0.352 e. The van der Waals surface area contributed by atoms with Crippen LogP contribution in [0.4, 0.5) is 17.6 Å². The van der Waals surface area contributed by atoms with E-state index < -0.39 is 23.5 Å². The van der Waals surface area contributed by atoms with Crippen LogP contribution in [0.25, 0.3) is 0 Å². The number of carbonyl (C=O) groups is 2. The van der Waals surface area contributed by atoms with E-state index >= 15 is 0 Å². The number of halogens is 4. The van der Waals surface area contributed by atoms with Gasteiger partial charge in [0.05, 0.1) is 5.56 Å². The van der Waals surface area contributed by atoms with Crippen molar-refractivity contribution in [3.8, 4) is 0 Å². The molecule has 0 unspecified atom stereocenters. The van der Waals surface area contributed by atoms with E-state index in [1.165, 1.54) is 0 Å². The van der Waals surface area contributed by atoms with Crippen molar-refractivity contribution in [1.29, 1.82) is 0 Å². The van der Waals surface area contributed by atoms with Gasteiger partial charge < -0.3 is 10.6 Å². The lowest BCUT2D eigenvalue weighted by molar-refractivity contribution is -0.140. The highest BCUT2D eigenvalue weighted by Crippen LogP contribution is 2.31. The van der Waals surface area contributed by atoms with Crippen LogP contribution in [0, 0.1) is 5.82 Å². The number of alkyl halides is 3. The molecule has 1 aromatic rings. The van der Waals surface area contributed by atoms with E-state index in [0.717, 1.165) is 6.07 Å². The Labute approximate surface area is 123 Å². The highest BCUT2D eigenvalue weighted by Gasteiger charge is 2.34. The molecule has 2 rings (SSSR count). The molecule has 2 amide bonds. The Morgan fingerprint density at radius 3 is 2.73 bits per heavy atom. The van der Waals surface area contributed by atoms with Gasteiger partial charge in [0.1, 0.15) is 5.82 Å². The largest absolute Gasteiger partial charge is 0.419 e. The Balaban J connectivity index is 2.02. The summed E-state index contributed by atoms with van der Waals surface area (Å²) in [7, 11) is 0. The number of piperidine rings is 1. The summed E-state index contributed by atoms with van der Waals surface area (Å²) in [5.41, 5.74) is -1.76. The molecule has 1 atom stereocenters. The molecular formula is C14H14F4N2O2. The van der Waals surface area contributed by atoms with Crippen molar-refractivity contribution in [3.05, 3.63) is 35.1 Å². The number of nitrogens with one attached hydrogen (secondary N) is 2. The first-order valence-corrected chi connectivity index (χ1v) is 6.71. The molecule has 1 heterocycles. The third-order valence-corrected chi connectivity index (χ3v) is 3.36. The highest BCUT2D eigenvalue weighted by molar-refractivity contribution is 5.94. The van der Waals surface area contributed by atoms with E-state index in [4.69, 9.17) is 0 Å². The molecule has 1 saturated heterocycles. The number of hydrogen-bond acceptors (Lipinski definition) is 2. The van der Waals surface area contributed by atoms with E-state index in [1.807, 2.05) is 0 Å². The van der Waals surface area contributed by atoms with Gasteiger partial charge in [-0.15, -0.1) is 0 Å². The van der Waals surface area contributed by atoms with Gasteiger partial charge in [0.15, 0.2) is 0 Å². The number of rotatable bonds is 3. The van der Waals surface area contributed by atoms with Crippen LogP contribution in [-0.4, -0.2) is 24.4 Å². The summed E-state index contributed by atoms with van der Waals surface area (Å²) < 4.78 is 50.9. The lowest BCUT2D eigenvalue weighted by Gasteiger charge is -2.23. The Bertz CT molecular complexity index is 587. The zero-order valence-electron chi connectivity index (χ0n) is 11.5. The average molecular weight is 318 g/mol. The maximum absolute atomic E-state index is 13.1. The summed E-state index contributed by atoms with van der Waals surface area (Å²) >= 11 is 0. The number of benzene rings is 1. The van der Waals surface area contributed by atoms with Crippen molar-refractivity contribution in [2.24, 2.45) is 0 Å². The van der Waals surface area contributed by atoms with E-state index in [0.29, 0.717) is 31.4 Å². The van der Waals surface area contributed by atoms with Gasteiger partial charge in [-0.1, -0.05) is 0 Å². The Morgan fingerprint density at radius 2 is 2.09 bits per heavy atom. The second-order valence-corrected chi connectivity index (χ2v) is 5.06. The first-order valence-electron chi connectivity index (χ1n) is 6.71. The highest BCUT2D eigenvalue weighted by atomic mass is 19.4. The quantitative estimate of drug-likeness (QED) is 0.840. The first kappa shape index (κ1) is 16.3. The lowest BCUT2D eigenvalue weighted by atomic mass is 10.0. The Morgan fingerprint density at radius 1 is 1.36 bits per heavy atom. The molecule has 0 aliphatic carbocycles. The van der Waals surface area contributed by atoms with Crippen LogP contribution < -0.4 is 10.6 Å². The molecule has 120 valence electrons. The van der Waals surface area contributed by atoms with Crippen LogP contribution in [0.15, 0.2) is 18.2 Å². The molecule has 1 aromatic carbocycles. The van der Waals surface area contributed by atoms with Crippen molar-refractivity contribution >= 4 is 11.8 Å². The molecule has 4 nitrogen and oxygen atoms in total. The second-order valence-electron chi connectivity index (χ2n) is 5.06. The number of hydrogen-bond donors (Lipinski definition) is 2. The molecule has 1 aliphatic heterocycles. The van der Waals surface area contributed by atoms with Gasteiger partial charge in [0.25, 0.3) is 5.91 Å². The first-order chi connectivity index (χ1) is 10.3. The van der Waals surface area contributed by atoms with Gasteiger partial charge in [-0.25, -0.2) is 4.39 Å². The average Bonchev–Trinajstić information content (AvgIpc) is 2.44. The molecule has 0 aromatic heterocycles. The van der Waals surface area contributed by atoms with Gasteiger partial charge in [-0.2, -0.15) is 13.2 Å². The van der Waals surface area contributed by atoms with Crippen LogP contribution in [0.1, 0.15) is 35.2 Å². The summed E-state index contributed by atoms with van der Waals surface area (Å²) in [6.07, 6.45) is -3.06. The van der Waals surface area contributed by atoms with Crippen LogP contribution in [0.2, 0.25) is 0 Å². The fourth-order valence-corrected chi connectivity index (χ4v) is 2.24. The summed E-state index contributed by atoms with van der Waals surface area (Å²) in [6.45, 7) is 0.114. The summed E-state index contributed by atoms with van der Waals surface area (Å²) in [5, 5.41) is 5.12. The van der Waals surface area contributed by atoms with E-state index in [-0.39, 0.29) is 24.1 Å². The lowest BCUT2D eigenvalue weighted by Crippen LogP contribution is -2.46. The maximum atomic E-state index is 13.1. The third kappa shape index (κ3) is 3.96. The van der Waals surface area contributed by atoms with Crippen molar-refractivity contribution in [2.75, 3.05) is 6.54 Å². The summed E-state index contributed by atoms with van der Waals surface area (Å²) in [6, 6.07) is 1.83. The topological polar surface area (TPSA) is 58.2 Å². The molecule has 1 aliphatic rings. The predicted octanol–water partition coefficient (Wildman–Crippen LogP) is 2.24. The molecule has 22 heavy (non-hydrogen) atoms. The van der Waals surface area contributed by atoms with Gasteiger partial charge in [-0.3, -0.25) is 9.59 Å². The molecule has 0 saturated carbocycles. The monoisotopic (exact) mass is 318 g/mol. The van der Waals surface area contributed by atoms with Crippen LogP contribution in [-0.2, 0) is 11.0 Å². The number of carbonyl (C=O) groups excluding carboxylic acids is 2. The molecule has 8 heteroatoms. The second kappa shape index (κ2) is 6.33. The molecule has 0 spiro atoms. The van der Waals surface area contributed by atoms with Gasteiger partial charge in [-0.05, 0) is 31.0 Å². The smallest absolute Gasteiger partial charge is 0.352 e. The Hall–Kier alpha value is -2.12. The fraction of sp³-hybridized carbons (Fsp3) is 0.429. The third-order valence-electron chi connectivity index (χ3n) is 3.36. The zero-order valence-corrected chi connectivity index (χ0v) is 11.5. The summed E-state index contributed by atoms with van der Waals surface area (Å²) in [4.78, 5) is 23.0. The van der Waals surface area contributed by atoms with E-state index in [9.17, 15) is 27.2 Å². The Kier molecular flexibility index (Phi) is 4.68. The van der Waals surface area contributed by atoms with Gasteiger partial charge >= 0.3 is 6.18 Å². The molecular weight excluding hydrogens is 304 g/mol. The van der Waals surface area contributed by atoms with E-state index in [1.54, 1.807) is 0 Å². The molecule has 0 radical (unpaired) electrons. The maximum Gasteiger partial charge on any atom is 0.419 e. The normalized spacial score (nSPS) is 18.7. The molecule has 0 bridgehead atoms. The predicted molar refractivity (Wildman–Crippen MR) is 69.5 cm³/mol. The minimum absolute atomic E-state index is 0.114. The fourth-order valence-electron chi connectivity index (χ4n) is 2.24. The van der Waals surface area contributed by atoms with Gasteiger partial charge in [0, 0.05) is 24.6 Å². The van der Waals surface area contributed by atoms with Crippen LogP contribution >= 0.6 is 0 Å². The van der Waals surface area contributed by atoms with Crippen molar-refractivity contribution in [1.82, 2.24) is 10.6 Å². The van der Waals surface area contributed by atoms with Crippen LogP contribution in [0.5, 0.6) is 0 Å².